The Morgan fingerprint density at radius 2 is 1.81 bits per heavy atom. The molecular weight excluding hydrogens is 346 g/mol. The summed E-state index contributed by atoms with van der Waals surface area (Å²) in [5.41, 5.74) is 2.16. The van der Waals surface area contributed by atoms with Crippen LogP contribution in [0.2, 0.25) is 0 Å². The number of anilines is 1. The van der Waals surface area contributed by atoms with E-state index in [9.17, 15) is 9.59 Å². The summed E-state index contributed by atoms with van der Waals surface area (Å²) in [6.07, 6.45) is 0. The van der Waals surface area contributed by atoms with Gasteiger partial charge in [0.15, 0.2) is 0 Å². The third-order valence-electron chi connectivity index (χ3n) is 4.29. The minimum absolute atomic E-state index is 0.318. The molecule has 1 atom stereocenters. The first kappa shape index (κ1) is 18.3. The number of hydrogen-bond acceptors (Lipinski definition) is 4. The zero-order valence-electron chi connectivity index (χ0n) is 15.3. The van der Waals surface area contributed by atoms with E-state index in [1.54, 1.807) is 44.4 Å². The topological polar surface area (TPSA) is 88.7 Å². The third-order valence-corrected chi connectivity index (χ3v) is 4.29. The average molecular weight is 367 g/mol. The van der Waals surface area contributed by atoms with Crippen molar-refractivity contribution in [3.05, 3.63) is 65.4 Å². The number of hydrogen-bond donors (Lipinski definition) is 3. The predicted molar refractivity (Wildman–Crippen MR) is 102 cm³/mol. The van der Waals surface area contributed by atoms with Crippen LogP contribution in [0.25, 0.3) is 0 Å². The van der Waals surface area contributed by atoms with Gasteiger partial charge >= 0.3 is 6.03 Å². The van der Waals surface area contributed by atoms with Crippen molar-refractivity contribution in [3.63, 3.8) is 0 Å². The Bertz CT molecular complexity index is 893. The average Bonchev–Trinajstić information content (AvgIpc) is 2.67. The molecule has 3 N–H and O–H groups in total. The molecule has 1 aliphatic heterocycles. The number of methoxy groups -OCH3 is 2. The molecule has 3 rings (SSSR count). The number of allylic oxidation sites excluding steroid dienone is 1. The lowest BCUT2D eigenvalue weighted by Crippen LogP contribution is -2.46. The van der Waals surface area contributed by atoms with Gasteiger partial charge in [-0.1, -0.05) is 18.2 Å². The molecule has 7 heteroatoms. The Kier molecular flexibility index (Phi) is 5.30. The van der Waals surface area contributed by atoms with Gasteiger partial charge in [0.1, 0.15) is 11.5 Å². The first-order valence-corrected chi connectivity index (χ1v) is 8.40. The molecular formula is C20H21N3O4. The molecule has 0 unspecified atom stereocenters. The molecule has 27 heavy (non-hydrogen) atoms. The molecule has 7 nitrogen and oxygen atoms in total. The lowest BCUT2D eigenvalue weighted by Gasteiger charge is -2.29. The molecule has 2 aromatic carbocycles. The van der Waals surface area contributed by atoms with E-state index in [0.29, 0.717) is 34.0 Å². The monoisotopic (exact) mass is 367 g/mol. The van der Waals surface area contributed by atoms with E-state index in [0.717, 1.165) is 0 Å². The van der Waals surface area contributed by atoms with Gasteiger partial charge in [-0.2, -0.15) is 0 Å². The number of urea groups is 1. The number of carbonyl (C=O) groups is 2. The Morgan fingerprint density at radius 1 is 1.07 bits per heavy atom. The van der Waals surface area contributed by atoms with Gasteiger partial charge in [0.05, 0.1) is 25.8 Å². The van der Waals surface area contributed by atoms with Gasteiger partial charge in [-0.3, -0.25) is 4.79 Å². The molecule has 0 aliphatic carbocycles. The van der Waals surface area contributed by atoms with Gasteiger partial charge in [0.2, 0.25) is 0 Å². The molecule has 0 saturated carbocycles. The Morgan fingerprint density at radius 3 is 2.48 bits per heavy atom. The lowest BCUT2D eigenvalue weighted by molar-refractivity contribution is -0.113. The standard InChI is InChI=1S/C20H21N3O4/c1-12-17(19(24)22-13-7-5-4-6-8-13)18(23-20(25)21-12)15-11-14(26-2)9-10-16(15)27-3/h4-11,18H,1-3H3,(H,22,24)(H2,21,23,25)/t18-/m0/s1. The van der Waals surface area contributed by atoms with E-state index in [1.165, 1.54) is 7.11 Å². The van der Waals surface area contributed by atoms with Crippen molar-refractivity contribution >= 4 is 17.6 Å². The quantitative estimate of drug-likeness (QED) is 0.758. The lowest BCUT2D eigenvalue weighted by atomic mass is 9.93. The second-order valence-corrected chi connectivity index (χ2v) is 6.00. The summed E-state index contributed by atoms with van der Waals surface area (Å²) >= 11 is 0. The summed E-state index contributed by atoms with van der Waals surface area (Å²) in [5, 5.41) is 8.32. The van der Waals surface area contributed by atoms with Gasteiger partial charge in [0, 0.05) is 16.9 Å². The number of ether oxygens (including phenoxy) is 2. The smallest absolute Gasteiger partial charge is 0.319 e. The van der Waals surface area contributed by atoms with Crippen LogP contribution in [0, 0.1) is 0 Å². The van der Waals surface area contributed by atoms with E-state index in [4.69, 9.17) is 9.47 Å². The number of amides is 3. The highest BCUT2D eigenvalue weighted by Crippen LogP contribution is 2.35. The van der Waals surface area contributed by atoms with Crippen molar-refractivity contribution < 1.29 is 19.1 Å². The van der Waals surface area contributed by atoms with Gasteiger partial charge < -0.3 is 25.4 Å². The summed E-state index contributed by atoms with van der Waals surface area (Å²) in [7, 11) is 3.09. The molecule has 0 aromatic heterocycles. The molecule has 1 heterocycles. The van der Waals surface area contributed by atoms with Crippen LogP contribution in [-0.4, -0.2) is 26.2 Å². The number of para-hydroxylation sites is 1. The van der Waals surface area contributed by atoms with E-state index in [2.05, 4.69) is 16.0 Å². The molecule has 140 valence electrons. The fraction of sp³-hybridized carbons (Fsp3) is 0.200. The maximum Gasteiger partial charge on any atom is 0.319 e. The Hall–Kier alpha value is -3.48. The number of nitrogens with one attached hydrogen (secondary N) is 3. The zero-order valence-corrected chi connectivity index (χ0v) is 15.3. The molecule has 0 radical (unpaired) electrons. The first-order valence-electron chi connectivity index (χ1n) is 8.40. The molecule has 0 spiro atoms. The minimum atomic E-state index is -0.687. The number of benzene rings is 2. The maximum atomic E-state index is 13.0. The summed E-state index contributed by atoms with van der Waals surface area (Å²) in [5.74, 6) is 0.820. The first-order chi connectivity index (χ1) is 13.0. The van der Waals surface area contributed by atoms with Gasteiger partial charge in [0.25, 0.3) is 5.91 Å². The van der Waals surface area contributed by atoms with Crippen LogP contribution in [0.1, 0.15) is 18.5 Å². The Balaban J connectivity index is 2.03. The predicted octanol–water partition coefficient (Wildman–Crippen LogP) is 2.97. The fourth-order valence-corrected chi connectivity index (χ4v) is 3.01. The van der Waals surface area contributed by atoms with E-state index in [-0.39, 0.29) is 5.91 Å². The highest BCUT2D eigenvalue weighted by atomic mass is 16.5. The van der Waals surface area contributed by atoms with E-state index in [1.807, 2.05) is 18.2 Å². The van der Waals surface area contributed by atoms with Crippen LogP contribution in [0.3, 0.4) is 0 Å². The van der Waals surface area contributed by atoms with Crippen molar-refractivity contribution in [1.29, 1.82) is 0 Å². The SMILES string of the molecule is COc1ccc(OC)c([C@@H]2NC(=O)NC(C)=C2C(=O)Nc2ccccc2)c1. The molecule has 2 aromatic rings. The van der Waals surface area contributed by atoms with E-state index < -0.39 is 12.1 Å². The van der Waals surface area contributed by atoms with Gasteiger partial charge in [-0.05, 0) is 37.3 Å². The summed E-state index contributed by atoms with van der Waals surface area (Å²) in [6.45, 7) is 1.69. The second kappa shape index (κ2) is 7.82. The highest BCUT2D eigenvalue weighted by molar-refractivity contribution is 6.06. The molecule has 0 bridgehead atoms. The van der Waals surface area contributed by atoms with Crippen molar-refractivity contribution in [1.82, 2.24) is 10.6 Å². The summed E-state index contributed by atoms with van der Waals surface area (Å²) < 4.78 is 10.7. The molecule has 3 amide bonds. The van der Waals surface area contributed by atoms with Crippen LogP contribution in [-0.2, 0) is 4.79 Å². The Labute approximate surface area is 157 Å². The fourth-order valence-electron chi connectivity index (χ4n) is 3.01. The van der Waals surface area contributed by atoms with Gasteiger partial charge in [-0.15, -0.1) is 0 Å². The largest absolute Gasteiger partial charge is 0.497 e. The van der Waals surface area contributed by atoms with Crippen molar-refractivity contribution in [3.8, 4) is 11.5 Å². The normalized spacial score (nSPS) is 16.3. The maximum absolute atomic E-state index is 13.0. The molecule has 0 saturated heterocycles. The van der Waals surface area contributed by atoms with Crippen molar-refractivity contribution in [2.24, 2.45) is 0 Å². The van der Waals surface area contributed by atoms with E-state index >= 15 is 0 Å². The molecule has 0 fully saturated rings. The van der Waals surface area contributed by atoms with Crippen molar-refractivity contribution in [2.75, 3.05) is 19.5 Å². The van der Waals surface area contributed by atoms with Crippen LogP contribution < -0.4 is 25.4 Å². The van der Waals surface area contributed by atoms with Gasteiger partial charge in [-0.25, -0.2) is 4.79 Å². The van der Waals surface area contributed by atoms with Crippen LogP contribution >= 0.6 is 0 Å². The van der Waals surface area contributed by atoms with Crippen LogP contribution in [0.15, 0.2) is 59.8 Å². The second-order valence-electron chi connectivity index (χ2n) is 6.00. The highest BCUT2D eigenvalue weighted by Gasteiger charge is 2.33. The third kappa shape index (κ3) is 3.87. The van der Waals surface area contributed by atoms with Crippen LogP contribution in [0.5, 0.6) is 11.5 Å². The number of rotatable bonds is 5. The summed E-state index contributed by atoms with van der Waals surface area (Å²) in [4.78, 5) is 25.1. The van der Waals surface area contributed by atoms with Crippen LogP contribution in [0.4, 0.5) is 10.5 Å². The van der Waals surface area contributed by atoms with Crippen molar-refractivity contribution in [2.45, 2.75) is 13.0 Å². The zero-order chi connectivity index (χ0) is 19.4. The minimum Gasteiger partial charge on any atom is -0.497 e. The molecule has 1 aliphatic rings. The summed E-state index contributed by atoms with van der Waals surface area (Å²) in [6, 6.07) is 13.3. The number of carbonyl (C=O) groups excluding carboxylic acids is 2.